The van der Waals surface area contributed by atoms with Gasteiger partial charge in [0, 0.05) is 6.26 Å². The fraction of sp³-hybridized carbons (Fsp3) is 0.250. The minimum Gasteiger partial charge on any atom is -0.311 e. The molecule has 1 aromatic rings. The van der Waals surface area contributed by atoms with Crippen molar-refractivity contribution in [1.29, 1.82) is 0 Å². The minimum atomic E-state index is -3.18. The Hall–Kier alpha value is -0.870. The second-order valence-electron chi connectivity index (χ2n) is 2.66. The summed E-state index contributed by atoms with van der Waals surface area (Å²) in [6.07, 6.45) is 1.13. The average Bonchev–Trinajstić information content (AvgIpc) is 2.03. The van der Waals surface area contributed by atoms with E-state index in [4.69, 9.17) is 5.73 Å². The van der Waals surface area contributed by atoms with E-state index in [0.717, 1.165) is 6.26 Å². The molecule has 4 heteroatoms. The third-order valence-electron chi connectivity index (χ3n) is 1.59. The first-order valence-electron chi connectivity index (χ1n) is 3.51. The zero-order valence-electron chi connectivity index (χ0n) is 6.77. The van der Waals surface area contributed by atoms with Gasteiger partial charge in [0.2, 0.25) is 0 Å². The molecule has 1 rings (SSSR count). The summed E-state index contributed by atoms with van der Waals surface area (Å²) in [6.45, 7) is 0. The molecule has 0 saturated carbocycles. The third-order valence-corrected chi connectivity index (χ3v) is 2.78. The van der Waals surface area contributed by atoms with Gasteiger partial charge in [0.05, 0.1) is 0 Å². The van der Waals surface area contributed by atoms with Crippen LogP contribution in [0.2, 0.25) is 0 Å². The molecule has 1 unspecified atom stereocenters. The summed E-state index contributed by atoms with van der Waals surface area (Å²) in [7, 11) is -3.18. The smallest absolute Gasteiger partial charge is 0.167 e. The summed E-state index contributed by atoms with van der Waals surface area (Å²) in [5, 5.41) is -0.904. The van der Waals surface area contributed by atoms with Crippen molar-refractivity contribution in [2.45, 2.75) is 5.37 Å². The monoisotopic (exact) mass is 185 g/mol. The SMILES string of the molecule is CS(=O)(=O)C(N)c1ccccc1. The minimum absolute atomic E-state index is 0.625. The van der Waals surface area contributed by atoms with Crippen LogP contribution in [0.5, 0.6) is 0 Å². The van der Waals surface area contributed by atoms with Gasteiger partial charge < -0.3 is 5.73 Å². The highest BCUT2D eigenvalue weighted by Crippen LogP contribution is 2.14. The van der Waals surface area contributed by atoms with Crippen LogP contribution in [0.4, 0.5) is 0 Å². The first kappa shape index (κ1) is 9.22. The first-order chi connectivity index (χ1) is 5.52. The summed E-state index contributed by atoms with van der Waals surface area (Å²) in [5.74, 6) is 0. The van der Waals surface area contributed by atoms with Crippen LogP contribution in [0.3, 0.4) is 0 Å². The molecule has 0 aromatic heterocycles. The van der Waals surface area contributed by atoms with Crippen molar-refractivity contribution in [2.24, 2.45) is 5.73 Å². The molecular formula is C8H11NO2S. The number of nitrogens with two attached hydrogens (primary N) is 1. The Labute approximate surface area is 72.1 Å². The van der Waals surface area contributed by atoms with Gasteiger partial charge in [-0.15, -0.1) is 0 Å². The van der Waals surface area contributed by atoms with Crippen molar-refractivity contribution >= 4 is 9.84 Å². The zero-order chi connectivity index (χ0) is 9.19. The molecule has 2 N–H and O–H groups in total. The molecule has 0 aliphatic carbocycles. The first-order valence-corrected chi connectivity index (χ1v) is 5.46. The number of rotatable bonds is 2. The van der Waals surface area contributed by atoms with Crippen molar-refractivity contribution in [3.8, 4) is 0 Å². The molecule has 0 spiro atoms. The zero-order valence-corrected chi connectivity index (χ0v) is 7.58. The Bertz CT molecular complexity index is 345. The maximum Gasteiger partial charge on any atom is 0.167 e. The van der Waals surface area contributed by atoms with E-state index in [1.54, 1.807) is 24.3 Å². The molecule has 12 heavy (non-hydrogen) atoms. The molecule has 0 aliphatic heterocycles. The summed E-state index contributed by atoms with van der Waals surface area (Å²) in [4.78, 5) is 0. The van der Waals surface area contributed by atoms with Gasteiger partial charge in [-0.3, -0.25) is 0 Å². The van der Waals surface area contributed by atoms with Crippen LogP contribution in [-0.4, -0.2) is 14.7 Å². The normalized spacial score (nSPS) is 14.2. The molecule has 1 atom stereocenters. The Morgan fingerprint density at radius 1 is 1.25 bits per heavy atom. The van der Waals surface area contributed by atoms with Gasteiger partial charge in [0.1, 0.15) is 5.37 Å². The van der Waals surface area contributed by atoms with E-state index in [1.165, 1.54) is 0 Å². The summed E-state index contributed by atoms with van der Waals surface area (Å²) in [6, 6.07) is 8.75. The Morgan fingerprint density at radius 2 is 1.75 bits per heavy atom. The standard InChI is InChI=1S/C8H11NO2S/c1-12(10,11)8(9)7-5-3-2-4-6-7/h2-6,8H,9H2,1H3. The van der Waals surface area contributed by atoms with E-state index in [-0.39, 0.29) is 0 Å². The lowest BCUT2D eigenvalue weighted by atomic mass is 10.2. The average molecular weight is 185 g/mol. The van der Waals surface area contributed by atoms with Gasteiger partial charge in [-0.2, -0.15) is 0 Å². The topological polar surface area (TPSA) is 60.2 Å². The maximum atomic E-state index is 11.0. The van der Waals surface area contributed by atoms with Crippen LogP contribution < -0.4 is 5.73 Å². The second-order valence-corrected chi connectivity index (χ2v) is 4.83. The molecule has 0 heterocycles. The molecule has 0 aliphatic rings. The lowest BCUT2D eigenvalue weighted by Crippen LogP contribution is -2.20. The molecule has 1 aromatic carbocycles. The number of sulfone groups is 1. The molecule has 0 bridgehead atoms. The third kappa shape index (κ3) is 2.06. The highest BCUT2D eigenvalue weighted by molar-refractivity contribution is 7.90. The molecule has 0 radical (unpaired) electrons. The van der Waals surface area contributed by atoms with E-state index in [2.05, 4.69) is 0 Å². The largest absolute Gasteiger partial charge is 0.311 e. The van der Waals surface area contributed by atoms with Crippen molar-refractivity contribution in [3.63, 3.8) is 0 Å². The molecule has 0 saturated heterocycles. The predicted octanol–water partition coefficient (Wildman–Crippen LogP) is 0.688. The maximum absolute atomic E-state index is 11.0. The van der Waals surface area contributed by atoms with Gasteiger partial charge in [-0.1, -0.05) is 30.3 Å². The van der Waals surface area contributed by atoms with Crippen LogP contribution in [0.15, 0.2) is 30.3 Å². The molecule has 0 fully saturated rings. The van der Waals surface area contributed by atoms with Crippen molar-refractivity contribution in [3.05, 3.63) is 35.9 Å². The second kappa shape index (κ2) is 3.25. The van der Waals surface area contributed by atoms with Crippen LogP contribution in [-0.2, 0) is 9.84 Å². The Kier molecular flexibility index (Phi) is 2.49. The highest BCUT2D eigenvalue weighted by atomic mass is 32.2. The molecule has 66 valence electrons. The summed E-state index contributed by atoms with van der Waals surface area (Å²) in [5.41, 5.74) is 6.11. The molecule has 0 amide bonds. The van der Waals surface area contributed by atoms with Crippen LogP contribution in [0, 0.1) is 0 Å². The van der Waals surface area contributed by atoms with Crippen LogP contribution in [0.25, 0.3) is 0 Å². The van der Waals surface area contributed by atoms with Crippen LogP contribution in [0.1, 0.15) is 10.9 Å². The fourth-order valence-corrected chi connectivity index (χ4v) is 1.54. The number of hydrogen-bond donors (Lipinski definition) is 1. The Morgan fingerprint density at radius 3 is 2.17 bits per heavy atom. The lowest BCUT2D eigenvalue weighted by molar-refractivity contribution is 0.590. The van der Waals surface area contributed by atoms with Gasteiger partial charge in [0.25, 0.3) is 0 Å². The highest BCUT2D eigenvalue weighted by Gasteiger charge is 2.16. The van der Waals surface area contributed by atoms with Gasteiger partial charge in [0.15, 0.2) is 9.84 Å². The predicted molar refractivity (Wildman–Crippen MR) is 48.2 cm³/mol. The van der Waals surface area contributed by atoms with E-state index in [9.17, 15) is 8.42 Å². The van der Waals surface area contributed by atoms with Gasteiger partial charge in [-0.05, 0) is 5.56 Å². The van der Waals surface area contributed by atoms with Crippen molar-refractivity contribution in [2.75, 3.05) is 6.26 Å². The van der Waals surface area contributed by atoms with Crippen molar-refractivity contribution < 1.29 is 8.42 Å². The molecular weight excluding hydrogens is 174 g/mol. The fourth-order valence-electron chi connectivity index (χ4n) is 0.890. The van der Waals surface area contributed by atoms with E-state index in [1.807, 2.05) is 6.07 Å². The number of hydrogen-bond acceptors (Lipinski definition) is 3. The van der Waals surface area contributed by atoms with E-state index in [0.29, 0.717) is 5.56 Å². The molecule has 3 nitrogen and oxygen atoms in total. The number of benzene rings is 1. The summed E-state index contributed by atoms with van der Waals surface area (Å²) < 4.78 is 22.0. The van der Waals surface area contributed by atoms with E-state index >= 15 is 0 Å². The van der Waals surface area contributed by atoms with Gasteiger partial charge in [-0.25, -0.2) is 8.42 Å². The summed E-state index contributed by atoms with van der Waals surface area (Å²) >= 11 is 0. The van der Waals surface area contributed by atoms with Gasteiger partial charge >= 0.3 is 0 Å². The Balaban J connectivity index is 3.02. The van der Waals surface area contributed by atoms with Crippen molar-refractivity contribution in [1.82, 2.24) is 0 Å². The van der Waals surface area contributed by atoms with E-state index < -0.39 is 15.2 Å². The lowest BCUT2D eigenvalue weighted by Gasteiger charge is -2.08. The van der Waals surface area contributed by atoms with Crippen LogP contribution >= 0.6 is 0 Å². The quantitative estimate of drug-likeness (QED) is 0.737.